The summed E-state index contributed by atoms with van der Waals surface area (Å²) in [5.74, 6) is -0.138. The molecule has 0 saturated heterocycles. The number of amides is 1. The number of nitrogens with one attached hydrogen (secondary N) is 1. The number of thiazole rings is 1. The second-order valence-corrected chi connectivity index (χ2v) is 7.21. The van der Waals surface area contributed by atoms with Gasteiger partial charge in [0.25, 0.3) is 0 Å². The largest absolute Gasteiger partial charge is 0.493 e. The van der Waals surface area contributed by atoms with Crippen LogP contribution in [0.15, 0.2) is 47.8 Å². The van der Waals surface area contributed by atoms with Crippen LogP contribution in [0.25, 0.3) is 10.6 Å². The molecular weight excluding hydrogens is 422 g/mol. The minimum absolute atomic E-state index is 0.0851. The zero-order valence-corrected chi connectivity index (χ0v) is 16.9. The predicted octanol–water partition coefficient (Wildman–Crippen LogP) is 4.93. The van der Waals surface area contributed by atoms with Gasteiger partial charge in [0.2, 0.25) is 5.91 Å². The number of hydrogen-bond acceptors (Lipinski definition) is 5. The fourth-order valence-electron chi connectivity index (χ4n) is 2.59. The first kappa shape index (κ1) is 21.0. The van der Waals surface area contributed by atoms with Gasteiger partial charge in [-0.25, -0.2) is 4.98 Å². The quantitative estimate of drug-likeness (QED) is 0.541. The molecule has 0 aliphatic heterocycles. The number of carbonyl (C=O) groups is 1. The molecule has 0 radical (unpaired) electrons. The molecule has 0 spiro atoms. The van der Waals surface area contributed by atoms with E-state index in [1.54, 1.807) is 17.5 Å². The lowest BCUT2D eigenvalue weighted by Gasteiger charge is -2.12. The topological polar surface area (TPSA) is 60.5 Å². The molecule has 1 N–H and O–H groups in total. The van der Waals surface area contributed by atoms with Crippen molar-refractivity contribution in [3.8, 4) is 22.1 Å². The normalized spacial score (nSPS) is 10.8. The van der Waals surface area contributed by atoms with Crippen LogP contribution in [0.1, 0.15) is 11.3 Å². The first-order valence-corrected chi connectivity index (χ1v) is 9.79. The molecule has 3 aromatic rings. The van der Waals surface area contributed by atoms with Crippen LogP contribution in [-0.4, -0.2) is 24.6 Å². The zero-order valence-electron chi connectivity index (χ0n) is 15.3. The molecule has 0 aliphatic carbocycles. The van der Waals surface area contributed by atoms with Crippen molar-refractivity contribution in [1.29, 1.82) is 0 Å². The highest BCUT2D eigenvalue weighted by atomic mass is 35.5. The summed E-state index contributed by atoms with van der Waals surface area (Å²) >= 11 is 7.59. The van der Waals surface area contributed by atoms with E-state index in [-0.39, 0.29) is 30.4 Å². The molecule has 1 heterocycles. The molecule has 5 nitrogen and oxygen atoms in total. The number of ether oxygens (including phenoxy) is 2. The Morgan fingerprint density at radius 1 is 1.24 bits per heavy atom. The van der Waals surface area contributed by atoms with Gasteiger partial charge in [0, 0.05) is 17.5 Å². The molecule has 152 valence electrons. The van der Waals surface area contributed by atoms with Gasteiger partial charge in [-0.05, 0) is 23.8 Å². The molecular formula is C20H17ClF2N2O3S. The number of methoxy groups -OCH3 is 1. The third-order valence-electron chi connectivity index (χ3n) is 3.93. The fraction of sp³-hybridized carbons (Fsp3) is 0.200. The molecule has 0 saturated carbocycles. The number of nitrogens with zero attached hydrogens (tertiary/aromatic N) is 1. The third-order valence-corrected chi connectivity index (χ3v) is 5.19. The van der Waals surface area contributed by atoms with Gasteiger partial charge in [-0.1, -0.05) is 35.9 Å². The highest BCUT2D eigenvalue weighted by Crippen LogP contribution is 2.31. The fourth-order valence-corrected chi connectivity index (χ4v) is 3.73. The number of benzene rings is 2. The summed E-state index contributed by atoms with van der Waals surface area (Å²) in [6, 6.07) is 11.9. The summed E-state index contributed by atoms with van der Waals surface area (Å²) in [6.07, 6.45) is 0.0947. The Labute approximate surface area is 175 Å². The Morgan fingerprint density at radius 3 is 2.76 bits per heavy atom. The summed E-state index contributed by atoms with van der Waals surface area (Å²) in [5, 5.41) is 5.88. The lowest BCUT2D eigenvalue weighted by molar-refractivity contribution is -0.120. The second kappa shape index (κ2) is 9.67. The molecule has 3 rings (SSSR count). The molecule has 0 aliphatic rings. The third kappa shape index (κ3) is 5.65. The van der Waals surface area contributed by atoms with Crippen molar-refractivity contribution >= 4 is 28.8 Å². The van der Waals surface area contributed by atoms with Crippen molar-refractivity contribution in [3.63, 3.8) is 0 Å². The Balaban J connectivity index is 1.60. The number of alkyl halides is 2. The number of halogens is 3. The van der Waals surface area contributed by atoms with E-state index >= 15 is 0 Å². The van der Waals surface area contributed by atoms with Crippen LogP contribution in [0.4, 0.5) is 8.78 Å². The van der Waals surface area contributed by atoms with E-state index in [9.17, 15) is 13.6 Å². The highest BCUT2D eigenvalue weighted by molar-refractivity contribution is 7.13. The number of carbonyl (C=O) groups excluding carboxylic acids is 1. The maximum atomic E-state index is 12.5. The monoisotopic (exact) mass is 438 g/mol. The number of hydrogen-bond donors (Lipinski definition) is 1. The van der Waals surface area contributed by atoms with E-state index in [1.165, 1.54) is 30.6 Å². The van der Waals surface area contributed by atoms with Crippen molar-refractivity contribution in [2.75, 3.05) is 7.11 Å². The summed E-state index contributed by atoms with van der Waals surface area (Å²) < 4.78 is 34.5. The van der Waals surface area contributed by atoms with E-state index in [0.717, 1.165) is 10.6 Å². The number of aromatic nitrogens is 1. The number of rotatable bonds is 8. The summed E-state index contributed by atoms with van der Waals surface area (Å²) in [7, 11) is 1.36. The standard InChI is InChI=1S/C20H17ClF2N2O3S/c1-27-16-7-6-12(8-17(16)28-20(22)23)10-24-18(26)9-13-11-29-19(25-13)14-4-2-3-5-15(14)21/h2-8,11,20H,9-10H2,1H3,(H,24,26). The minimum Gasteiger partial charge on any atom is -0.493 e. The molecule has 0 bridgehead atoms. The summed E-state index contributed by atoms with van der Waals surface area (Å²) in [6.45, 7) is -2.81. The van der Waals surface area contributed by atoms with E-state index in [0.29, 0.717) is 16.3 Å². The molecule has 1 amide bonds. The van der Waals surface area contributed by atoms with Gasteiger partial charge in [0.05, 0.1) is 24.2 Å². The minimum atomic E-state index is -2.97. The van der Waals surface area contributed by atoms with Crippen molar-refractivity contribution in [3.05, 3.63) is 64.1 Å². The Bertz CT molecular complexity index is 997. The van der Waals surface area contributed by atoms with Crippen LogP contribution in [0.2, 0.25) is 5.02 Å². The molecule has 29 heavy (non-hydrogen) atoms. The summed E-state index contributed by atoms with van der Waals surface area (Å²) in [4.78, 5) is 16.7. The highest BCUT2D eigenvalue weighted by Gasteiger charge is 2.13. The van der Waals surface area contributed by atoms with Gasteiger partial charge in [-0.15, -0.1) is 11.3 Å². The molecule has 0 atom stereocenters. The van der Waals surface area contributed by atoms with Gasteiger partial charge >= 0.3 is 6.61 Å². The molecule has 9 heteroatoms. The molecule has 2 aromatic carbocycles. The van der Waals surface area contributed by atoms with Crippen molar-refractivity contribution in [2.45, 2.75) is 19.6 Å². The van der Waals surface area contributed by atoms with Crippen molar-refractivity contribution in [2.24, 2.45) is 0 Å². The van der Waals surface area contributed by atoms with Crippen LogP contribution < -0.4 is 14.8 Å². The molecule has 0 fully saturated rings. The van der Waals surface area contributed by atoms with E-state index in [1.807, 2.05) is 18.2 Å². The first-order valence-electron chi connectivity index (χ1n) is 8.54. The first-order chi connectivity index (χ1) is 14.0. The SMILES string of the molecule is COc1ccc(CNC(=O)Cc2csc(-c3ccccc3Cl)n2)cc1OC(F)F. The Hall–Kier alpha value is -2.71. The molecule has 1 aromatic heterocycles. The van der Waals surface area contributed by atoms with Gasteiger partial charge in [0.1, 0.15) is 5.01 Å². The smallest absolute Gasteiger partial charge is 0.387 e. The van der Waals surface area contributed by atoms with Crippen LogP contribution >= 0.6 is 22.9 Å². The van der Waals surface area contributed by atoms with Gasteiger partial charge < -0.3 is 14.8 Å². The van der Waals surface area contributed by atoms with Crippen LogP contribution in [0, 0.1) is 0 Å². The van der Waals surface area contributed by atoms with Gasteiger partial charge in [0.15, 0.2) is 11.5 Å². The Morgan fingerprint density at radius 2 is 2.03 bits per heavy atom. The molecule has 0 unspecified atom stereocenters. The average Bonchev–Trinajstić information content (AvgIpc) is 3.14. The van der Waals surface area contributed by atoms with E-state index in [2.05, 4.69) is 15.0 Å². The second-order valence-electron chi connectivity index (χ2n) is 5.94. The van der Waals surface area contributed by atoms with Crippen molar-refractivity contribution in [1.82, 2.24) is 10.3 Å². The zero-order chi connectivity index (χ0) is 20.8. The predicted molar refractivity (Wildman–Crippen MR) is 108 cm³/mol. The van der Waals surface area contributed by atoms with E-state index in [4.69, 9.17) is 16.3 Å². The van der Waals surface area contributed by atoms with Crippen molar-refractivity contribution < 1.29 is 23.0 Å². The lowest BCUT2D eigenvalue weighted by atomic mass is 10.2. The van der Waals surface area contributed by atoms with Crippen LogP contribution in [0.5, 0.6) is 11.5 Å². The maximum absolute atomic E-state index is 12.5. The Kier molecular flexibility index (Phi) is 7.00. The van der Waals surface area contributed by atoms with Gasteiger partial charge in [-0.2, -0.15) is 8.78 Å². The average molecular weight is 439 g/mol. The lowest BCUT2D eigenvalue weighted by Crippen LogP contribution is -2.24. The van der Waals surface area contributed by atoms with Crippen LogP contribution in [0.3, 0.4) is 0 Å². The van der Waals surface area contributed by atoms with E-state index < -0.39 is 6.61 Å². The van der Waals surface area contributed by atoms with Crippen LogP contribution in [-0.2, 0) is 17.8 Å². The summed E-state index contributed by atoms with van der Waals surface area (Å²) in [5.41, 5.74) is 2.04. The van der Waals surface area contributed by atoms with Gasteiger partial charge in [-0.3, -0.25) is 4.79 Å². The maximum Gasteiger partial charge on any atom is 0.387 e.